The fraction of sp³-hybridized carbons (Fsp3) is 0.308. The zero-order chi connectivity index (χ0) is 34.7. The number of rotatable bonds is 10. The van der Waals surface area contributed by atoms with E-state index in [1.165, 1.54) is 0 Å². The number of anilines is 3. The van der Waals surface area contributed by atoms with Gasteiger partial charge in [0.05, 0.1) is 36.1 Å². The molecular weight excluding hydrogens is 635 g/mol. The Morgan fingerprint density at radius 3 is 2.45 bits per heavy atom. The second-order valence-corrected chi connectivity index (χ2v) is 17.8. The summed E-state index contributed by atoms with van der Waals surface area (Å²) in [5.41, 5.74) is 2.20. The second-order valence-electron chi connectivity index (χ2n) is 13.8. The zero-order valence-corrected chi connectivity index (χ0v) is 29.0. The first kappa shape index (κ1) is 32.9. The lowest BCUT2D eigenvalue weighted by molar-refractivity contribution is -0.149. The van der Waals surface area contributed by atoms with Gasteiger partial charge < -0.3 is 24.4 Å². The molecule has 3 aliphatic heterocycles. The van der Waals surface area contributed by atoms with Crippen molar-refractivity contribution in [3.63, 3.8) is 0 Å². The summed E-state index contributed by atoms with van der Waals surface area (Å²) in [6.45, 7) is 9.96. The van der Waals surface area contributed by atoms with E-state index in [2.05, 4.69) is 6.58 Å². The zero-order valence-electron chi connectivity index (χ0n) is 28.0. The Balaban J connectivity index is 1.30. The molecule has 252 valence electrons. The van der Waals surface area contributed by atoms with Gasteiger partial charge in [-0.2, -0.15) is 0 Å². The first-order valence-electron chi connectivity index (χ1n) is 16.8. The van der Waals surface area contributed by atoms with E-state index in [0.717, 1.165) is 22.0 Å². The summed E-state index contributed by atoms with van der Waals surface area (Å²) in [4.78, 5) is 59.2. The molecule has 1 fully saturated rings. The molecule has 9 nitrogen and oxygen atoms in total. The maximum absolute atomic E-state index is 14.7. The highest BCUT2D eigenvalue weighted by Crippen LogP contribution is 2.60. The quantitative estimate of drug-likeness (QED) is 0.161. The SMILES string of the molecule is C=CCN1C(=O)[C@]2(O[C@H](CC(=O)N(CCO)Cc3ccccc3)[C@@H]([Si](C)(C)O)[C@@H]2C)c2cc(N3C(=O)c4cccc5cccc3c45)ccc21. The number of amides is 3. The summed E-state index contributed by atoms with van der Waals surface area (Å²) < 4.78 is 6.93. The summed E-state index contributed by atoms with van der Waals surface area (Å²) in [7, 11) is -3.06. The van der Waals surface area contributed by atoms with Crippen LogP contribution in [0.1, 0.15) is 34.8 Å². The molecule has 1 spiro atoms. The summed E-state index contributed by atoms with van der Waals surface area (Å²) in [6, 6.07) is 26.7. The largest absolute Gasteiger partial charge is 0.432 e. The van der Waals surface area contributed by atoms with Crippen molar-refractivity contribution in [2.45, 2.75) is 50.2 Å². The molecule has 10 heteroatoms. The minimum Gasteiger partial charge on any atom is -0.432 e. The molecule has 1 saturated heterocycles. The van der Waals surface area contributed by atoms with Gasteiger partial charge in [-0.25, -0.2) is 0 Å². The molecule has 0 aromatic heterocycles. The lowest BCUT2D eigenvalue weighted by atomic mass is 9.82. The number of hydrogen-bond donors (Lipinski definition) is 2. The molecule has 4 aromatic rings. The van der Waals surface area contributed by atoms with Crippen LogP contribution in [0.4, 0.5) is 17.1 Å². The number of fused-ring (bicyclic) bond motifs is 2. The van der Waals surface area contributed by atoms with Crippen LogP contribution in [0.5, 0.6) is 0 Å². The van der Waals surface area contributed by atoms with Crippen molar-refractivity contribution in [1.29, 1.82) is 0 Å². The van der Waals surface area contributed by atoms with Crippen LogP contribution in [0.3, 0.4) is 0 Å². The fourth-order valence-electron chi connectivity index (χ4n) is 8.40. The molecule has 3 heterocycles. The number of benzene rings is 4. The third-order valence-corrected chi connectivity index (χ3v) is 12.9. The lowest BCUT2D eigenvalue weighted by Crippen LogP contribution is -2.46. The van der Waals surface area contributed by atoms with Crippen molar-refractivity contribution in [2.75, 3.05) is 29.5 Å². The van der Waals surface area contributed by atoms with E-state index in [1.807, 2.05) is 105 Å². The van der Waals surface area contributed by atoms with Crippen molar-refractivity contribution < 1.29 is 29.0 Å². The standard InChI is InChI=1S/C39H41N3O6Si/c1-5-19-41-31-18-17-28(42-32-16-10-14-27-13-9-15-29(35(27)32)37(42)45)22-30(31)39(38(41)46)25(2)36(49(3,4)47)33(48-39)23-34(44)40(20-21-43)24-26-11-7-6-8-12-26/h5-18,22,25,33,36,43,47H,1,19-21,23-24H2,2-4H3/t25-,33+,36-,39+/m0/s1. The molecule has 7 rings (SSSR count). The van der Waals surface area contributed by atoms with Crippen LogP contribution >= 0.6 is 0 Å². The van der Waals surface area contributed by atoms with Gasteiger partial charge >= 0.3 is 0 Å². The summed E-state index contributed by atoms with van der Waals surface area (Å²) in [5, 5.41) is 11.7. The van der Waals surface area contributed by atoms with Crippen LogP contribution in [0.15, 0.2) is 97.6 Å². The van der Waals surface area contributed by atoms with Crippen LogP contribution in [0.25, 0.3) is 10.8 Å². The van der Waals surface area contributed by atoms with Crippen molar-refractivity contribution in [3.8, 4) is 0 Å². The van der Waals surface area contributed by atoms with E-state index >= 15 is 0 Å². The first-order chi connectivity index (χ1) is 23.5. The second kappa shape index (κ2) is 12.4. The Morgan fingerprint density at radius 2 is 1.76 bits per heavy atom. The molecule has 0 radical (unpaired) electrons. The molecule has 49 heavy (non-hydrogen) atoms. The Hall–Kier alpha value is -4.61. The highest BCUT2D eigenvalue weighted by Gasteiger charge is 2.66. The van der Waals surface area contributed by atoms with E-state index in [0.29, 0.717) is 29.0 Å². The topological polar surface area (TPSA) is 111 Å². The van der Waals surface area contributed by atoms with E-state index in [9.17, 15) is 24.3 Å². The third kappa shape index (κ3) is 5.21. The Kier molecular flexibility index (Phi) is 8.31. The number of hydrogen-bond acceptors (Lipinski definition) is 6. The van der Waals surface area contributed by atoms with E-state index in [-0.39, 0.29) is 43.8 Å². The molecule has 0 aliphatic carbocycles. The number of carbonyl (C=O) groups excluding carboxylic acids is 3. The summed E-state index contributed by atoms with van der Waals surface area (Å²) >= 11 is 0. The van der Waals surface area contributed by atoms with Crippen molar-refractivity contribution in [3.05, 3.63) is 114 Å². The van der Waals surface area contributed by atoms with Gasteiger partial charge in [-0.15, -0.1) is 6.58 Å². The van der Waals surface area contributed by atoms with Gasteiger partial charge in [0.1, 0.15) is 0 Å². The van der Waals surface area contributed by atoms with Crippen LogP contribution in [0, 0.1) is 5.92 Å². The van der Waals surface area contributed by atoms with Gasteiger partial charge in [-0.1, -0.05) is 67.6 Å². The molecular formula is C39H41N3O6Si. The predicted molar refractivity (Wildman–Crippen MR) is 192 cm³/mol. The Labute approximate surface area is 287 Å². The van der Waals surface area contributed by atoms with Crippen molar-refractivity contribution in [1.82, 2.24) is 4.90 Å². The van der Waals surface area contributed by atoms with E-state index in [1.54, 1.807) is 20.8 Å². The van der Waals surface area contributed by atoms with Gasteiger partial charge in [0, 0.05) is 47.7 Å². The van der Waals surface area contributed by atoms with Crippen molar-refractivity contribution in [2.24, 2.45) is 5.92 Å². The minimum atomic E-state index is -3.06. The molecule has 0 bridgehead atoms. The highest BCUT2D eigenvalue weighted by atomic mass is 28.4. The van der Waals surface area contributed by atoms with Gasteiger partial charge in [0.15, 0.2) is 13.9 Å². The van der Waals surface area contributed by atoms with Crippen LogP contribution in [-0.2, 0) is 26.5 Å². The predicted octanol–water partition coefficient (Wildman–Crippen LogP) is 5.87. The Morgan fingerprint density at radius 1 is 1.02 bits per heavy atom. The lowest BCUT2D eigenvalue weighted by Gasteiger charge is -2.33. The van der Waals surface area contributed by atoms with Gasteiger partial charge in [-0.05, 0) is 54.4 Å². The summed E-state index contributed by atoms with van der Waals surface area (Å²) in [5.74, 6) is -1.16. The first-order valence-corrected chi connectivity index (χ1v) is 19.8. The molecule has 4 aromatic carbocycles. The van der Waals surface area contributed by atoms with Gasteiger partial charge in [-0.3, -0.25) is 19.3 Å². The monoisotopic (exact) mass is 675 g/mol. The normalized spacial score (nSPS) is 22.8. The smallest absolute Gasteiger partial charge is 0.264 e. The number of ether oxygens (including phenoxy) is 1. The molecule has 0 unspecified atom stereocenters. The van der Waals surface area contributed by atoms with Crippen molar-refractivity contribution >= 4 is 53.9 Å². The maximum atomic E-state index is 14.7. The van der Waals surface area contributed by atoms with Crippen LogP contribution in [0.2, 0.25) is 18.6 Å². The molecule has 0 saturated carbocycles. The molecule has 3 aliphatic rings. The highest BCUT2D eigenvalue weighted by molar-refractivity contribution is 6.71. The molecule has 3 amide bonds. The number of aliphatic hydroxyl groups is 1. The minimum absolute atomic E-state index is 0.0632. The number of carbonyl (C=O) groups is 3. The third-order valence-electron chi connectivity index (χ3n) is 10.4. The van der Waals surface area contributed by atoms with Gasteiger partial charge in [0.25, 0.3) is 11.8 Å². The molecule has 4 atom stereocenters. The van der Waals surface area contributed by atoms with Gasteiger partial charge in [0.2, 0.25) is 5.91 Å². The summed E-state index contributed by atoms with van der Waals surface area (Å²) in [6.07, 6.45) is 0.836. The number of nitrogens with zero attached hydrogens (tertiary/aromatic N) is 3. The number of aliphatic hydroxyl groups excluding tert-OH is 1. The maximum Gasteiger partial charge on any atom is 0.264 e. The fourth-order valence-corrected chi connectivity index (χ4v) is 11.0. The average molecular weight is 676 g/mol. The van der Waals surface area contributed by atoms with E-state index in [4.69, 9.17) is 4.74 Å². The van der Waals surface area contributed by atoms with Crippen LogP contribution in [-0.4, -0.2) is 66.6 Å². The van der Waals surface area contributed by atoms with E-state index < -0.39 is 31.5 Å². The average Bonchev–Trinajstić information content (AvgIpc) is 3.63. The molecule has 2 N–H and O–H groups in total. The van der Waals surface area contributed by atoms with Crippen LogP contribution < -0.4 is 9.80 Å². The Bertz CT molecular complexity index is 1970.